The van der Waals surface area contributed by atoms with Crippen molar-refractivity contribution in [3.8, 4) is 0 Å². The van der Waals surface area contributed by atoms with Crippen molar-refractivity contribution in [1.29, 1.82) is 0 Å². The van der Waals surface area contributed by atoms with Crippen LogP contribution >= 0.6 is 0 Å². The van der Waals surface area contributed by atoms with Crippen LogP contribution in [0.25, 0.3) is 6.08 Å². The molecule has 1 N–H and O–H groups in total. The Hall–Kier alpha value is -4.20. The number of amides is 1. The van der Waals surface area contributed by atoms with Crippen LogP contribution in [0.15, 0.2) is 83.1 Å². The lowest BCUT2D eigenvalue weighted by Gasteiger charge is -2.10. The molecule has 0 aliphatic carbocycles. The van der Waals surface area contributed by atoms with E-state index in [1.54, 1.807) is 18.2 Å². The van der Waals surface area contributed by atoms with Gasteiger partial charge in [0.15, 0.2) is 5.76 Å². The fourth-order valence-corrected chi connectivity index (χ4v) is 2.43. The summed E-state index contributed by atoms with van der Waals surface area (Å²) in [6, 6.07) is 17.7. The summed E-state index contributed by atoms with van der Waals surface area (Å²) < 4.78 is 10.3. The molecule has 3 aromatic rings. The van der Waals surface area contributed by atoms with E-state index in [1.165, 1.54) is 42.7 Å². The van der Waals surface area contributed by atoms with Crippen molar-refractivity contribution in [2.75, 3.05) is 0 Å². The Labute approximate surface area is 165 Å². The largest absolute Gasteiger partial charge is 0.459 e. The zero-order valence-corrected chi connectivity index (χ0v) is 15.1. The Morgan fingerprint density at radius 2 is 1.86 bits per heavy atom. The third-order valence-electron chi connectivity index (χ3n) is 3.82. The number of benzene rings is 2. The van der Waals surface area contributed by atoms with Gasteiger partial charge in [-0.25, -0.2) is 4.79 Å². The van der Waals surface area contributed by atoms with Gasteiger partial charge in [0, 0.05) is 12.1 Å². The van der Waals surface area contributed by atoms with Crippen molar-refractivity contribution in [2.24, 2.45) is 0 Å². The molecule has 0 bridgehead atoms. The molecule has 0 unspecified atom stereocenters. The van der Waals surface area contributed by atoms with Crippen LogP contribution in [0.1, 0.15) is 21.7 Å². The molecule has 0 radical (unpaired) electrons. The van der Waals surface area contributed by atoms with E-state index in [9.17, 15) is 19.7 Å². The first kappa shape index (κ1) is 19.6. The second-order valence-corrected chi connectivity index (χ2v) is 5.90. The van der Waals surface area contributed by atoms with Gasteiger partial charge < -0.3 is 14.5 Å². The molecule has 0 aliphatic rings. The Morgan fingerprint density at radius 3 is 2.55 bits per heavy atom. The van der Waals surface area contributed by atoms with E-state index in [0.717, 1.165) is 5.56 Å². The first-order valence-electron chi connectivity index (χ1n) is 8.55. The summed E-state index contributed by atoms with van der Waals surface area (Å²) in [5.74, 6) is -1.44. The van der Waals surface area contributed by atoms with Crippen molar-refractivity contribution in [3.05, 3.63) is 106 Å². The monoisotopic (exact) mass is 392 g/mol. The number of hydrogen-bond donors (Lipinski definition) is 1. The van der Waals surface area contributed by atoms with Gasteiger partial charge in [0.25, 0.3) is 11.6 Å². The maximum absolute atomic E-state index is 12.6. The fraction of sp³-hybridized carbons (Fsp3) is 0.0476. The van der Waals surface area contributed by atoms with Gasteiger partial charge in [0.1, 0.15) is 12.3 Å². The van der Waals surface area contributed by atoms with E-state index in [2.05, 4.69) is 5.32 Å². The predicted octanol–water partition coefficient (Wildman–Crippen LogP) is 3.70. The summed E-state index contributed by atoms with van der Waals surface area (Å²) in [5, 5.41) is 13.4. The summed E-state index contributed by atoms with van der Waals surface area (Å²) >= 11 is 0. The van der Waals surface area contributed by atoms with Crippen LogP contribution in [0, 0.1) is 10.1 Å². The maximum Gasteiger partial charge on any atom is 0.355 e. The Morgan fingerprint density at radius 1 is 1.07 bits per heavy atom. The number of esters is 1. The SMILES string of the molecule is O=C(OCc1ccccc1)/C(=C\c1cccc([N+](=O)[O-])c1)NC(=O)c1ccco1. The topological polar surface area (TPSA) is 112 Å². The van der Waals surface area contributed by atoms with Crippen molar-refractivity contribution < 1.29 is 23.7 Å². The van der Waals surface area contributed by atoms with Crippen molar-refractivity contribution in [3.63, 3.8) is 0 Å². The van der Waals surface area contributed by atoms with Crippen LogP contribution in [0.2, 0.25) is 0 Å². The van der Waals surface area contributed by atoms with E-state index in [-0.39, 0.29) is 23.8 Å². The molecular formula is C21H16N2O6. The minimum Gasteiger partial charge on any atom is -0.459 e. The molecule has 0 saturated heterocycles. The van der Waals surface area contributed by atoms with Crippen molar-refractivity contribution >= 4 is 23.6 Å². The second kappa shape index (κ2) is 9.14. The van der Waals surface area contributed by atoms with Gasteiger partial charge in [-0.3, -0.25) is 14.9 Å². The summed E-state index contributed by atoms with van der Waals surface area (Å²) in [7, 11) is 0. The number of hydrogen-bond acceptors (Lipinski definition) is 6. The third kappa shape index (κ3) is 5.39. The van der Waals surface area contributed by atoms with E-state index < -0.39 is 16.8 Å². The van der Waals surface area contributed by atoms with Crippen molar-refractivity contribution in [2.45, 2.75) is 6.61 Å². The first-order valence-corrected chi connectivity index (χ1v) is 8.55. The van der Waals surface area contributed by atoms with Gasteiger partial charge in [0.2, 0.25) is 0 Å². The Balaban J connectivity index is 1.84. The lowest BCUT2D eigenvalue weighted by atomic mass is 10.1. The van der Waals surface area contributed by atoms with E-state index in [1.807, 2.05) is 18.2 Å². The first-order chi connectivity index (χ1) is 14.0. The van der Waals surface area contributed by atoms with Crippen LogP contribution < -0.4 is 5.32 Å². The smallest absolute Gasteiger partial charge is 0.355 e. The molecule has 0 atom stereocenters. The fourth-order valence-electron chi connectivity index (χ4n) is 2.43. The van der Waals surface area contributed by atoms with Gasteiger partial charge in [-0.2, -0.15) is 0 Å². The highest BCUT2D eigenvalue weighted by Crippen LogP contribution is 2.16. The average molecular weight is 392 g/mol. The molecule has 3 rings (SSSR count). The third-order valence-corrected chi connectivity index (χ3v) is 3.82. The molecule has 1 aromatic heterocycles. The average Bonchev–Trinajstić information content (AvgIpc) is 3.27. The number of ether oxygens (including phenoxy) is 1. The standard InChI is InChI=1S/C21H16N2O6/c24-20(19-10-5-11-28-19)22-18(13-16-8-4-9-17(12-16)23(26)27)21(25)29-14-15-6-2-1-3-7-15/h1-13H,14H2,(H,22,24)/b18-13+. The summed E-state index contributed by atoms with van der Waals surface area (Å²) in [6.45, 7) is 0.00255. The van der Waals surface area contributed by atoms with E-state index in [4.69, 9.17) is 9.15 Å². The normalized spacial score (nSPS) is 11.0. The molecular weight excluding hydrogens is 376 g/mol. The van der Waals surface area contributed by atoms with E-state index in [0.29, 0.717) is 5.56 Å². The number of rotatable bonds is 7. The minimum absolute atomic E-state index is 0.00255. The molecule has 1 amide bonds. The van der Waals surface area contributed by atoms with Crippen LogP contribution in [-0.4, -0.2) is 16.8 Å². The highest BCUT2D eigenvalue weighted by atomic mass is 16.6. The van der Waals surface area contributed by atoms with Crippen LogP contribution in [-0.2, 0) is 16.1 Å². The zero-order valence-electron chi connectivity index (χ0n) is 15.1. The van der Waals surface area contributed by atoms with Crippen LogP contribution in [0.5, 0.6) is 0 Å². The highest BCUT2D eigenvalue weighted by Gasteiger charge is 2.18. The Kier molecular flexibility index (Phi) is 6.16. The molecule has 0 fully saturated rings. The number of carbonyl (C=O) groups excluding carboxylic acids is 2. The molecule has 0 saturated carbocycles. The Bertz CT molecular complexity index is 1040. The predicted molar refractivity (Wildman–Crippen MR) is 103 cm³/mol. The van der Waals surface area contributed by atoms with E-state index >= 15 is 0 Å². The van der Waals surface area contributed by atoms with Gasteiger partial charge >= 0.3 is 5.97 Å². The number of nitrogens with one attached hydrogen (secondary N) is 1. The summed E-state index contributed by atoms with van der Waals surface area (Å²) in [5.41, 5.74) is 0.800. The number of nitrogens with zero attached hydrogens (tertiary/aromatic N) is 1. The molecule has 146 valence electrons. The summed E-state index contributed by atoms with van der Waals surface area (Å²) in [4.78, 5) is 35.3. The molecule has 2 aromatic carbocycles. The molecule has 0 aliphatic heterocycles. The van der Waals surface area contributed by atoms with Crippen molar-refractivity contribution in [1.82, 2.24) is 5.32 Å². The molecule has 0 spiro atoms. The molecule has 8 heteroatoms. The zero-order chi connectivity index (χ0) is 20.6. The maximum atomic E-state index is 12.6. The minimum atomic E-state index is -0.791. The van der Waals surface area contributed by atoms with Crippen LogP contribution in [0.3, 0.4) is 0 Å². The van der Waals surface area contributed by atoms with Gasteiger partial charge in [-0.1, -0.05) is 42.5 Å². The molecule has 29 heavy (non-hydrogen) atoms. The van der Waals surface area contributed by atoms with Crippen LogP contribution in [0.4, 0.5) is 5.69 Å². The number of carbonyl (C=O) groups is 2. The molecule has 8 nitrogen and oxygen atoms in total. The lowest BCUT2D eigenvalue weighted by Crippen LogP contribution is -2.28. The van der Waals surface area contributed by atoms with Gasteiger partial charge in [-0.15, -0.1) is 0 Å². The number of nitro groups is 1. The highest BCUT2D eigenvalue weighted by molar-refractivity contribution is 6.02. The number of non-ortho nitro benzene ring substituents is 1. The number of nitro benzene ring substituents is 1. The van der Waals surface area contributed by atoms with Gasteiger partial charge in [0.05, 0.1) is 11.2 Å². The van der Waals surface area contributed by atoms with Gasteiger partial charge in [-0.05, 0) is 29.3 Å². The quantitative estimate of drug-likeness (QED) is 0.284. The second-order valence-electron chi connectivity index (χ2n) is 5.90. The number of furan rings is 1. The molecule has 1 heterocycles. The summed E-state index contributed by atoms with van der Waals surface area (Å²) in [6.07, 6.45) is 2.63. The lowest BCUT2D eigenvalue weighted by molar-refractivity contribution is -0.384.